The molecule has 29 heavy (non-hydrogen) atoms. The molecular weight excluding hydrogens is 382 g/mol. The van der Waals surface area contributed by atoms with Crippen molar-refractivity contribution in [1.82, 2.24) is 5.32 Å². The number of hydrogen-bond acceptors (Lipinski definition) is 4. The van der Waals surface area contributed by atoms with Crippen molar-refractivity contribution in [3.63, 3.8) is 0 Å². The Morgan fingerprint density at radius 1 is 1.03 bits per heavy atom. The first-order valence-electron chi connectivity index (χ1n) is 11.2. The summed E-state index contributed by atoms with van der Waals surface area (Å²) in [5.74, 6) is 2.42. The summed E-state index contributed by atoms with van der Waals surface area (Å²) in [6.45, 7) is 0.604. The van der Waals surface area contributed by atoms with Crippen LogP contribution in [0.3, 0.4) is 0 Å². The lowest BCUT2D eigenvalue weighted by molar-refractivity contribution is -0.146. The Hall–Kier alpha value is -1.49. The van der Waals surface area contributed by atoms with E-state index in [0.717, 1.165) is 35.6 Å². The number of hydrogen-bond donors (Lipinski definition) is 1. The first-order chi connectivity index (χ1) is 14.1. The number of fused-ring (bicyclic) bond motifs is 1. The summed E-state index contributed by atoms with van der Waals surface area (Å²) in [5.41, 5.74) is 3.16. The van der Waals surface area contributed by atoms with E-state index in [1.807, 2.05) is 0 Å². The molecule has 0 atom stereocenters. The molecule has 156 valence electrons. The van der Waals surface area contributed by atoms with Gasteiger partial charge in [0.15, 0.2) is 6.61 Å². The molecule has 0 unspecified atom stereocenters. The Balaban J connectivity index is 1.03. The van der Waals surface area contributed by atoms with Gasteiger partial charge in [0.2, 0.25) is 0 Å². The molecule has 5 aliphatic carbocycles. The summed E-state index contributed by atoms with van der Waals surface area (Å²) in [4.78, 5) is 25.4. The first-order valence-corrected chi connectivity index (χ1v) is 12.2. The second-order valence-corrected chi connectivity index (χ2v) is 11.0. The smallest absolute Gasteiger partial charge is 0.316 e. The molecule has 0 aromatic heterocycles. The summed E-state index contributed by atoms with van der Waals surface area (Å²) in [6.07, 6.45) is 11.6. The zero-order valence-electron chi connectivity index (χ0n) is 17.1. The summed E-state index contributed by atoms with van der Waals surface area (Å²) in [7, 11) is 0. The highest BCUT2D eigenvalue weighted by molar-refractivity contribution is 8.00. The number of nitrogens with one attached hydrogen (secondary N) is 1. The topological polar surface area (TPSA) is 55.4 Å². The number of carbonyl (C=O) groups excluding carboxylic acids is 2. The minimum absolute atomic E-state index is 0.156. The number of ether oxygens (including phenoxy) is 1. The number of esters is 1. The maximum atomic E-state index is 12.2. The van der Waals surface area contributed by atoms with E-state index in [9.17, 15) is 9.59 Å². The fraction of sp³-hybridized carbons (Fsp3) is 0.667. The van der Waals surface area contributed by atoms with Crippen molar-refractivity contribution in [3.8, 4) is 0 Å². The predicted molar refractivity (Wildman–Crippen MR) is 114 cm³/mol. The first kappa shape index (κ1) is 19.5. The van der Waals surface area contributed by atoms with Crippen molar-refractivity contribution < 1.29 is 14.3 Å². The van der Waals surface area contributed by atoms with Crippen LogP contribution in [0.15, 0.2) is 23.1 Å². The maximum Gasteiger partial charge on any atom is 0.316 e. The predicted octanol–water partition coefficient (Wildman–Crippen LogP) is 4.14. The minimum atomic E-state index is -0.319. The van der Waals surface area contributed by atoms with Gasteiger partial charge in [-0.25, -0.2) is 0 Å². The monoisotopic (exact) mass is 413 g/mol. The van der Waals surface area contributed by atoms with Crippen LogP contribution in [0.2, 0.25) is 0 Å². The molecule has 0 radical (unpaired) electrons. The van der Waals surface area contributed by atoms with E-state index >= 15 is 0 Å². The lowest BCUT2D eigenvalue weighted by Crippen LogP contribution is -2.51. The van der Waals surface area contributed by atoms with E-state index in [2.05, 4.69) is 23.5 Å². The summed E-state index contributed by atoms with van der Waals surface area (Å²) < 4.78 is 5.22. The molecule has 4 saturated carbocycles. The van der Waals surface area contributed by atoms with E-state index < -0.39 is 0 Å². The molecule has 4 bridgehead atoms. The number of thioether (sulfide) groups is 1. The molecule has 1 aromatic carbocycles. The van der Waals surface area contributed by atoms with Gasteiger partial charge in [0.1, 0.15) is 0 Å². The van der Waals surface area contributed by atoms with Crippen LogP contribution >= 0.6 is 11.8 Å². The van der Waals surface area contributed by atoms with Crippen LogP contribution in [-0.2, 0) is 27.2 Å². The third-order valence-electron chi connectivity index (χ3n) is 7.62. The fourth-order valence-corrected chi connectivity index (χ4v) is 7.57. The maximum absolute atomic E-state index is 12.2. The Morgan fingerprint density at radius 2 is 1.72 bits per heavy atom. The van der Waals surface area contributed by atoms with Gasteiger partial charge in [-0.05, 0) is 104 Å². The van der Waals surface area contributed by atoms with Crippen molar-refractivity contribution in [3.05, 3.63) is 29.3 Å². The Kier molecular flexibility index (Phi) is 5.35. The highest BCUT2D eigenvalue weighted by Gasteiger charge is 2.50. The molecule has 6 rings (SSSR count). The van der Waals surface area contributed by atoms with E-state index in [1.165, 1.54) is 74.3 Å². The standard InChI is InChI=1S/C24H31NO3S/c26-22(25-15-24-10-16-6-17(11-24)8-18(7-16)12-24)13-28-23(27)14-29-21-5-4-19-2-1-3-20(19)9-21/h4-5,9,16-18H,1-3,6-8,10-15H2,(H,25,26). The zero-order valence-corrected chi connectivity index (χ0v) is 17.9. The molecule has 0 saturated heterocycles. The highest BCUT2D eigenvalue weighted by atomic mass is 32.2. The fourth-order valence-electron chi connectivity index (χ4n) is 6.81. The van der Waals surface area contributed by atoms with Crippen molar-refractivity contribution in [2.24, 2.45) is 23.2 Å². The van der Waals surface area contributed by atoms with Crippen molar-refractivity contribution in [2.75, 3.05) is 18.9 Å². The van der Waals surface area contributed by atoms with Crippen molar-refractivity contribution in [1.29, 1.82) is 0 Å². The van der Waals surface area contributed by atoms with Gasteiger partial charge in [-0.3, -0.25) is 9.59 Å². The second-order valence-electron chi connectivity index (χ2n) is 9.93. The van der Waals surface area contributed by atoms with E-state index in [4.69, 9.17) is 4.74 Å². The minimum Gasteiger partial charge on any atom is -0.455 e. The molecule has 5 aliphatic rings. The van der Waals surface area contributed by atoms with Gasteiger partial charge >= 0.3 is 5.97 Å². The molecular formula is C24H31NO3S. The number of rotatable bonds is 7. The average molecular weight is 414 g/mol. The van der Waals surface area contributed by atoms with Crippen LogP contribution in [0.4, 0.5) is 0 Å². The lowest BCUT2D eigenvalue weighted by atomic mass is 9.49. The van der Waals surface area contributed by atoms with E-state index in [1.54, 1.807) is 0 Å². The molecule has 0 spiro atoms. The third-order valence-corrected chi connectivity index (χ3v) is 8.58. The summed E-state index contributed by atoms with van der Waals surface area (Å²) in [5, 5.41) is 3.07. The molecule has 0 heterocycles. The molecule has 4 nitrogen and oxygen atoms in total. The largest absolute Gasteiger partial charge is 0.455 e. The van der Waals surface area contributed by atoms with Gasteiger partial charge < -0.3 is 10.1 Å². The van der Waals surface area contributed by atoms with Crippen LogP contribution in [0.1, 0.15) is 56.1 Å². The number of carbonyl (C=O) groups is 2. The van der Waals surface area contributed by atoms with Gasteiger partial charge in [0, 0.05) is 11.4 Å². The molecule has 0 aliphatic heterocycles. The lowest BCUT2D eigenvalue weighted by Gasteiger charge is -2.56. The van der Waals surface area contributed by atoms with Gasteiger partial charge in [-0.2, -0.15) is 0 Å². The number of benzene rings is 1. The van der Waals surface area contributed by atoms with Crippen molar-refractivity contribution in [2.45, 2.75) is 62.7 Å². The highest BCUT2D eigenvalue weighted by Crippen LogP contribution is 2.59. The molecule has 1 amide bonds. The van der Waals surface area contributed by atoms with Crippen molar-refractivity contribution >= 4 is 23.6 Å². The Labute approximate surface area is 177 Å². The van der Waals surface area contributed by atoms with Crippen LogP contribution in [0.25, 0.3) is 0 Å². The molecule has 4 fully saturated rings. The number of aryl methyl sites for hydroxylation is 2. The van der Waals surface area contributed by atoms with Gasteiger partial charge in [-0.1, -0.05) is 6.07 Å². The van der Waals surface area contributed by atoms with Crippen LogP contribution < -0.4 is 5.32 Å². The third kappa shape index (κ3) is 4.35. The second kappa shape index (κ2) is 7.98. The van der Waals surface area contributed by atoms with Crippen LogP contribution in [0, 0.1) is 23.2 Å². The van der Waals surface area contributed by atoms with Gasteiger partial charge in [0.25, 0.3) is 5.91 Å². The Morgan fingerprint density at radius 3 is 2.45 bits per heavy atom. The van der Waals surface area contributed by atoms with Gasteiger partial charge in [-0.15, -0.1) is 11.8 Å². The van der Waals surface area contributed by atoms with Crippen LogP contribution in [0.5, 0.6) is 0 Å². The normalized spacial score (nSPS) is 31.5. The quantitative estimate of drug-likeness (QED) is 0.539. The number of amides is 1. The summed E-state index contributed by atoms with van der Waals surface area (Å²) >= 11 is 1.49. The summed E-state index contributed by atoms with van der Waals surface area (Å²) in [6, 6.07) is 6.45. The zero-order chi connectivity index (χ0) is 19.8. The van der Waals surface area contributed by atoms with Crippen LogP contribution in [-0.4, -0.2) is 30.8 Å². The van der Waals surface area contributed by atoms with Gasteiger partial charge in [0.05, 0.1) is 5.75 Å². The van der Waals surface area contributed by atoms with E-state index in [-0.39, 0.29) is 24.2 Å². The Bertz CT molecular complexity index is 770. The molecule has 5 heteroatoms. The SMILES string of the molecule is O=C(COC(=O)CSc1ccc2c(c1)CCC2)NCC12CC3CC(CC(C3)C1)C2. The molecule has 1 aromatic rings. The molecule has 1 N–H and O–H groups in total. The van der Waals surface area contributed by atoms with E-state index in [0.29, 0.717) is 5.41 Å². The average Bonchev–Trinajstić information content (AvgIpc) is 3.16.